The van der Waals surface area contributed by atoms with E-state index in [1.165, 1.54) is 0 Å². The summed E-state index contributed by atoms with van der Waals surface area (Å²) in [6.45, 7) is 0.939. The van der Waals surface area contributed by atoms with Crippen LogP contribution in [0.1, 0.15) is 16.8 Å². The Kier molecular flexibility index (Phi) is 4.68. The Bertz CT molecular complexity index is 599. The molecule has 2 rings (SSSR count). The Morgan fingerprint density at radius 2 is 1.95 bits per heavy atom. The fourth-order valence-electron chi connectivity index (χ4n) is 1.76. The van der Waals surface area contributed by atoms with Gasteiger partial charge in [0.2, 0.25) is 0 Å². The maximum Gasteiger partial charge on any atom is 0.141 e. The molecule has 1 aromatic carbocycles. The predicted molar refractivity (Wildman–Crippen MR) is 76.7 cm³/mol. The van der Waals surface area contributed by atoms with E-state index in [1.807, 2.05) is 30.3 Å². The number of hydrogen-bond donors (Lipinski definition) is 2. The molecule has 0 saturated heterocycles. The van der Waals surface area contributed by atoms with Gasteiger partial charge in [0.15, 0.2) is 0 Å². The Hall–Kier alpha value is -2.40. The van der Waals surface area contributed by atoms with E-state index >= 15 is 0 Å². The molecule has 1 heterocycles. The lowest BCUT2D eigenvalue weighted by Crippen LogP contribution is -2.13. The minimum atomic E-state index is -0.0420. The number of nitrogens with zero attached hydrogens (tertiary/aromatic N) is 1. The van der Waals surface area contributed by atoms with Crippen LogP contribution in [0.2, 0.25) is 0 Å². The highest BCUT2D eigenvalue weighted by molar-refractivity contribution is 5.93. The number of pyridine rings is 1. The van der Waals surface area contributed by atoms with E-state index in [1.54, 1.807) is 19.4 Å². The molecule has 0 fully saturated rings. The van der Waals surface area contributed by atoms with Crippen LogP contribution in [0, 0.1) is 5.41 Å². The molecule has 2 aromatic rings. The summed E-state index contributed by atoms with van der Waals surface area (Å²) in [6.07, 6.45) is 1.63. The fraction of sp³-hybridized carbons (Fsp3) is 0.200. The Balaban J connectivity index is 1.92. The lowest BCUT2D eigenvalue weighted by Gasteiger charge is -2.07. The second-order valence-corrected chi connectivity index (χ2v) is 4.31. The van der Waals surface area contributed by atoms with Crippen molar-refractivity contribution in [3.8, 4) is 5.75 Å². The van der Waals surface area contributed by atoms with Gasteiger partial charge in [0.25, 0.3) is 0 Å². The first-order valence-electron chi connectivity index (χ1n) is 6.19. The van der Waals surface area contributed by atoms with Crippen LogP contribution in [0.25, 0.3) is 0 Å². The summed E-state index contributed by atoms with van der Waals surface area (Å²) in [7, 11) is 1.64. The van der Waals surface area contributed by atoms with Crippen LogP contribution < -0.4 is 10.5 Å². The van der Waals surface area contributed by atoms with Crippen LogP contribution in [-0.4, -0.2) is 17.9 Å². The monoisotopic (exact) mass is 271 g/mol. The third-order valence-corrected chi connectivity index (χ3v) is 2.77. The smallest absolute Gasteiger partial charge is 0.141 e. The molecule has 0 unspecified atom stereocenters. The van der Waals surface area contributed by atoms with Crippen molar-refractivity contribution in [2.45, 2.75) is 13.2 Å². The van der Waals surface area contributed by atoms with Crippen LogP contribution in [-0.2, 0) is 18.0 Å². The number of nitrogens with one attached hydrogen (secondary N) is 1. The van der Waals surface area contributed by atoms with E-state index in [9.17, 15) is 0 Å². The number of methoxy groups -OCH3 is 1. The van der Waals surface area contributed by atoms with Crippen molar-refractivity contribution in [1.82, 2.24) is 4.98 Å². The number of amidine groups is 1. The molecule has 0 atom stereocenters. The van der Waals surface area contributed by atoms with Crippen molar-refractivity contribution >= 4 is 5.84 Å². The molecule has 1 aromatic heterocycles. The summed E-state index contributed by atoms with van der Waals surface area (Å²) < 4.78 is 10.8. The molecular weight excluding hydrogens is 254 g/mol. The maximum absolute atomic E-state index is 7.35. The third-order valence-electron chi connectivity index (χ3n) is 2.77. The van der Waals surface area contributed by atoms with Crippen molar-refractivity contribution in [2.75, 3.05) is 7.11 Å². The standard InChI is InChI=1S/C15H17N3O2/c1-19-13-4-2-3-11(7-13)9-20-10-12-5-6-18-14(8-12)15(16)17/h2-8H,9-10H2,1H3,(H3,16,17). The van der Waals surface area contributed by atoms with Crippen LogP contribution in [0.15, 0.2) is 42.6 Å². The van der Waals surface area contributed by atoms with Gasteiger partial charge in [-0.15, -0.1) is 0 Å². The van der Waals surface area contributed by atoms with E-state index < -0.39 is 0 Å². The van der Waals surface area contributed by atoms with E-state index in [0.717, 1.165) is 16.9 Å². The number of benzene rings is 1. The molecule has 0 aliphatic carbocycles. The minimum absolute atomic E-state index is 0.0420. The quantitative estimate of drug-likeness (QED) is 0.622. The third kappa shape index (κ3) is 3.80. The zero-order valence-corrected chi connectivity index (χ0v) is 11.3. The second-order valence-electron chi connectivity index (χ2n) is 4.31. The number of aromatic nitrogens is 1. The van der Waals surface area contributed by atoms with E-state index in [0.29, 0.717) is 18.9 Å². The summed E-state index contributed by atoms with van der Waals surface area (Å²) in [5.41, 5.74) is 7.85. The Morgan fingerprint density at radius 1 is 1.20 bits per heavy atom. The van der Waals surface area contributed by atoms with Crippen molar-refractivity contribution in [3.63, 3.8) is 0 Å². The van der Waals surface area contributed by atoms with Crippen molar-refractivity contribution in [2.24, 2.45) is 5.73 Å². The lowest BCUT2D eigenvalue weighted by molar-refractivity contribution is 0.107. The highest BCUT2D eigenvalue weighted by Crippen LogP contribution is 2.14. The molecule has 0 radical (unpaired) electrons. The van der Waals surface area contributed by atoms with Crippen molar-refractivity contribution < 1.29 is 9.47 Å². The first kappa shape index (κ1) is 14.0. The molecule has 5 nitrogen and oxygen atoms in total. The largest absolute Gasteiger partial charge is 0.497 e. The first-order chi connectivity index (χ1) is 9.69. The molecule has 0 bridgehead atoms. The molecule has 104 valence electrons. The van der Waals surface area contributed by atoms with E-state index in [4.69, 9.17) is 20.6 Å². The van der Waals surface area contributed by atoms with Gasteiger partial charge in [-0.05, 0) is 35.4 Å². The fourth-order valence-corrected chi connectivity index (χ4v) is 1.76. The summed E-state index contributed by atoms with van der Waals surface area (Å²) >= 11 is 0. The molecule has 0 aliphatic rings. The molecule has 0 aliphatic heterocycles. The predicted octanol–water partition coefficient (Wildman–Crippen LogP) is 2.09. The molecular formula is C15H17N3O2. The molecule has 5 heteroatoms. The first-order valence-corrected chi connectivity index (χ1v) is 6.19. The Morgan fingerprint density at radius 3 is 2.65 bits per heavy atom. The van der Waals surface area contributed by atoms with Crippen molar-refractivity contribution in [3.05, 3.63) is 59.4 Å². The molecule has 3 N–H and O–H groups in total. The summed E-state index contributed by atoms with van der Waals surface area (Å²) in [4.78, 5) is 4.01. The lowest BCUT2D eigenvalue weighted by atomic mass is 10.2. The molecule has 0 spiro atoms. The normalized spacial score (nSPS) is 10.2. The van der Waals surface area contributed by atoms with E-state index in [-0.39, 0.29) is 5.84 Å². The number of ether oxygens (including phenoxy) is 2. The van der Waals surface area contributed by atoms with Gasteiger partial charge in [-0.3, -0.25) is 10.4 Å². The number of hydrogen-bond acceptors (Lipinski definition) is 4. The van der Waals surface area contributed by atoms with Crippen LogP contribution in [0.3, 0.4) is 0 Å². The van der Waals surface area contributed by atoms with Gasteiger partial charge in [-0.1, -0.05) is 12.1 Å². The minimum Gasteiger partial charge on any atom is -0.497 e. The average molecular weight is 271 g/mol. The molecule has 20 heavy (non-hydrogen) atoms. The van der Waals surface area contributed by atoms with Gasteiger partial charge >= 0.3 is 0 Å². The highest BCUT2D eigenvalue weighted by atomic mass is 16.5. The van der Waals surface area contributed by atoms with Crippen LogP contribution in [0.4, 0.5) is 0 Å². The zero-order chi connectivity index (χ0) is 14.4. The zero-order valence-electron chi connectivity index (χ0n) is 11.3. The van der Waals surface area contributed by atoms with E-state index in [2.05, 4.69) is 4.98 Å². The SMILES string of the molecule is COc1cccc(COCc2ccnc(C(=N)N)c2)c1. The van der Waals surface area contributed by atoms with Gasteiger partial charge in [0.05, 0.1) is 20.3 Å². The highest BCUT2D eigenvalue weighted by Gasteiger charge is 2.01. The second kappa shape index (κ2) is 6.68. The van der Waals surface area contributed by atoms with Gasteiger partial charge < -0.3 is 15.2 Å². The average Bonchev–Trinajstić information content (AvgIpc) is 2.48. The van der Waals surface area contributed by atoms with Gasteiger partial charge in [-0.2, -0.15) is 0 Å². The van der Waals surface area contributed by atoms with Gasteiger partial charge in [-0.25, -0.2) is 0 Å². The maximum atomic E-state index is 7.35. The molecule has 0 saturated carbocycles. The van der Waals surface area contributed by atoms with Crippen LogP contribution in [0.5, 0.6) is 5.75 Å². The number of nitrogens with two attached hydrogens (primary N) is 1. The topological polar surface area (TPSA) is 81.2 Å². The Labute approximate surface area is 117 Å². The van der Waals surface area contributed by atoms with Gasteiger partial charge in [0.1, 0.15) is 17.3 Å². The van der Waals surface area contributed by atoms with Crippen molar-refractivity contribution in [1.29, 1.82) is 5.41 Å². The number of rotatable bonds is 6. The summed E-state index contributed by atoms with van der Waals surface area (Å²) in [5.74, 6) is 0.772. The van der Waals surface area contributed by atoms with Crippen LogP contribution >= 0.6 is 0 Å². The molecule has 0 amide bonds. The summed E-state index contributed by atoms with van der Waals surface area (Å²) in [6, 6.07) is 11.3. The summed E-state index contributed by atoms with van der Waals surface area (Å²) in [5, 5.41) is 7.35. The number of nitrogen functional groups attached to an aromatic ring is 1. The van der Waals surface area contributed by atoms with Gasteiger partial charge in [0, 0.05) is 6.20 Å².